The molecule has 2 nitrogen and oxygen atoms in total. The molecule has 3 N–H and O–H groups in total. The highest BCUT2D eigenvalue weighted by atomic mass is 79.9. The average molecular weight is 360 g/mol. The van der Waals surface area contributed by atoms with E-state index in [0.29, 0.717) is 22.0 Å². The predicted octanol–water partition coefficient (Wildman–Crippen LogP) is 4.62. The lowest BCUT2D eigenvalue weighted by molar-refractivity contribution is 0.628. The number of thiocarbonyl (C=S) groups is 1. The van der Waals surface area contributed by atoms with Crippen LogP contribution in [0.3, 0.4) is 0 Å². The zero-order chi connectivity index (χ0) is 14.0. The quantitative estimate of drug-likeness (QED) is 0.785. The van der Waals surface area contributed by atoms with E-state index < -0.39 is 0 Å². The molecule has 0 atom stereocenters. The Hall–Kier alpha value is -1.17. The first-order valence-corrected chi connectivity index (χ1v) is 6.87. The lowest BCUT2D eigenvalue weighted by Gasteiger charge is -2.13. The number of rotatable bonds is 3. The van der Waals surface area contributed by atoms with Gasteiger partial charge in [0.25, 0.3) is 0 Å². The molecular weight excluding hydrogens is 351 g/mol. The molecule has 98 valence electrons. The molecule has 6 heteroatoms. The van der Waals surface area contributed by atoms with E-state index in [1.807, 2.05) is 6.07 Å². The van der Waals surface area contributed by atoms with Gasteiger partial charge in [0, 0.05) is 15.7 Å². The Morgan fingerprint density at radius 2 is 1.95 bits per heavy atom. The van der Waals surface area contributed by atoms with Crippen LogP contribution in [-0.2, 0) is 0 Å². The lowest BCUT2D eigenvalue weighted by Crippen LogP contribution is -2.12. The second kappa shape index (κ2) is 5.86. The van der Waals surface area contributed by atoms with Crippen LogP contribution in [0.4, 0.5) is 15.8 Å². The molecule has 0 spiro atoms. The van der Waals surface area contributed by atoms with Crippen molar-refractivity contribution in [2.45, 2.75) is 0 Å². The van der Waals surface area contributed by atoms with Gasteiger partial charge in [-0.3, -0.25) is 0 Å². The standard InChI is InChI=1S/C13H9BrClFN2S/c14-7-1-3-9(13(17)19)11(5-7)18-12-6-8(16)2-4-10(12)15/h1-6,18H,(H2,17,19). The Morgan fingerprint density at radius 3 is 2.63 bits per heavy atom. The molecule has 0 fully saturated rings. The summed E-state index contributed by atoms with van der Waals surface area (Å²) in [5.41, 5.74) is 7.44. The van der Waals surface area contributed by atoms with Crippen molar-refractivity contribution in [2.75, 3.05) is 5.32 Å². The molecule has 0 heterocycles. The summed E-state index contributed by atoms with van der Waals surface area (Å²) >= 11 is 14.4. The topological polar surface area (TPSA) is 38.0 Å². The first-order valence-electron chi connectivity index (χ1n) is 5.29. The third-order valence-electron chi connectivity index (χ3n) is 2.44. The second-order valence-electron chi connectivity index (χ2n) is 3.80. The zero-order valence-electron chi connectivity index (χ0n) is 9.58. The van der Waals surface area contributed by atoms with Crippen molar-refractivity contribution in [1.82, 2.24) is 0 Å². The van der Waals surface area contributed by atoms with Gasteiger partial charge in [0.05, 0.1) is 10.7 Å². The second-order valence-corrected chi connectivity index (χ2v) is 5.57. The largest absolute Gasteiger partial charge is 0.389 e. The van der Waals surface area contributed by atoms with Crippen molar-refractivity contribution in [3.8, 4) is 0 Å². The van der Waals surface area contributed by atoms with Gasteiger partial charge in [-0.05, 0) is 36.4 Å². The van der Waals surface area contributed by atoms with Gasteiger partial charge < -0.3 is 11.1 Å². The van der Waals surface area contributed by atoms with Crippen molar-refractivity contribution >= 4 is 56.1 Å². The van der Waals surface area contributed by atoms with E-state index in [1.54, 1.807) is 12.1 Å². The number of halogens is 3. The van der Waals surface area contributed by atoms with Crippen LogP contribution in [0.5, 0.6) is 0 Å². The summed E-state index contributed by atoms with van der Waals surface area (Å²) in [5, 5.41) is 3.45. The van der Waals surface area contributed by atoms with E-state index in [2.05, 4.69) is 21.2 Å². The van der Waals surface area contributed by atoms with Crippen molar-refractivity contribution in [3.63, 3.8) is 0 Å². The highest BCUT2D eigenvalue weighted by Crippen LogP contribution is 2.29. The normalized spacial score (nSPS) is 10.3. The fourth-order valence-corrected chi connectivity index (χ4v) is 2.28. The number of nitrogens with two attached hydrogens (primary N) is 1. The monoisotopic (exact) mass is 358 g/mol. The minimum atomic E-state index is -0.376. The fraction of sp³-hybridized carbons (Fsp3) is 0. The molecule has 0 saturated carbocycles. The third kappa shape index (κ3) is 3.43. The fourth-order valence-electron chi connectivity index (χ4n) is 1.57. The van der Waals surface area contributed by atoms with Gasteiger partial charge in [0.2, 0.25) is 0 Å². The number of nitrogens with one attached hydrogen (secondary N) is 1. The van der Waals surface area contributed by atoms with Crippen molar-refractivity contribution in [3.05, 3.63) is 57.3 Å². The maximum atomic E-state index is 13.2. The van der Waals surface area contributed by atoms with E-state index in [4.69, 9.17) is 29.6 Å². The SMILES string of the molecule is NC(=S)c1ccc(Br)cc1Nc1cc(F)ccc1Cl. The van der Waals surface area contributed by atoms with E-state index in [-0.39, 0.29) is 10.8 Å². The molecule has 0 saturated heterocycles. The van der Waals surface area contributed by atoms with Crippen molar-refractivity contribution < 1.29 is 4.39 Å². The van der Waals surface area contributed by atoms with Crippen LogP contribution < -0.4 is 11.1 Å². The molecule has 0 bridgehead atoms. The maximum Gasteiger partial charge on any atom is 0.125 e. The Balaban J connectivity index is 2.45. The number of benzene rings is 2. The van der Waals surface area contributed by atoms with Crippen LogP contribution in [0, 0.1) is 5.82 Å². The Bertz CT molecular complexity index is 649. The van der Waals surface area contributed by atoms with Gasteiger partial charge >= 0.3 is 0 Å². The highest BCUT2D eigenvalue weighted by molar-refractivity contribution is 9.10. The molecule has 2 aromatic rings. The lowest BCUT2D eigenvalue weighted by atomic mass is 10.1. The summed E-state index contributed by atoms with van der Waals surface area (Å²) in [6, 6.07) is 9.50. The Labute approximate surface area is 128 Å². The summed E-state index contributed by atoms with van der Waals surface area (Å²) < 4.78 is 14.1. The summed E-state index contributed by atoms with van der Waals surface area (Å²) in [6.45, 7) is 0. The molecule has 19 heavy (non-hydrogen) atoms. The molecule has 0 amide bonds. The Morgan fingerprint density at radius 1 is 1.21 bits per heavy atom. The first-order chi connectivity index (χ1) is 8.97. The van der Waals surface area contributed by atoms with Crippen LogP contribution in [0.2, 0.25) is 5.02 Å². The van der Waals surface area contributed by atoms with E-state index in [9.17, 15) is 4.39 Å². The minimum Gasteiger partial charge on any atom is -0.389 e. The number of hydrogen-bond donors (Lipinski definition) is 2. The summed E-state index contributed by atoms with van der Waals surface area (Å²) in [7, 11) is 0. The van der Waals surface area contributed by atoms with Crippen LogP contribution in [0.1, 0.15) is 5.56 Å². The molecular formula is C13H9BrClFN2S. The van der Waals surface area contributed by atoms with Gasteiger partial charge in [0.15, 0.2) is 0 Å². The average Bonchev–Trinajstić information content (AvgIpc) is 2.33. The maximum absolute atomic E-state index is 13.2. The van der Waals surface area contributed by atoms with E-state index >= 15 is 0 Å². The molecule has 0 aromatic heterocycles. The van der Waals surface area contributed by atoms with Crippen molar-refractivity contribution in [1.29, 1.82) is 0 Å². The van der Waals surface area contributed by atoms with E-state index in [0.717, 1.165) is 4.47 Å². The van der Waals surface area contributed by atoms with Gasteiger partial charge in [0.1, 0.15) is 10.8 Å². The van der Waals surface area contributed by atoms with Crippen LogP contribution in [0.15, 0.2) is 40.9 Å². The molecule has 0 aliphatic rings. The molecule has 0 aliphatic carbocycles. The molecule has 2 rings (SSSR count). The minimum absolute atomic E-state index is 0.252. The van der Waals surface area contributed by atoms with Crippen LogP contribution in [-0.4, -0.2) is 4.99 Å². The van der Waals surface area contributed by atoms with Gasteiger partial charge in [-0.1, -0.05) is 39.7 Å². The van der Waals surface area contributed by atoms with Gasteiger partial charge in [-0.15, -0.1) is 0 Å². The van der Waals surface area contributed by atoms with Gasteiger partial charge in [-0.25, -0.2) is 4.39 Å². The molecule has 0 unspecified atom stereocenters. The highest BCUT2D eigenvalue weighted by Gasteiger charge is 2.09. The smallest absolute Gasteiger partial charge is 0.125 e. The van der Waals surface area contributed by atoms with Gasteiger partial charge in [-0.2, -0.15) is 0 Å². The zero-order valence-corrected chi connectivity index (χ0v) is 12.7. The summed E-state index contributed by atoms with van der Waals surface area (Å²) in [5.74, 6) is -0.376. The van der Waals surface area contributed by atoms with Crippen molar-refractivity contribution in [2.24, 2.45) is 5.73 Å². The number of hydrogen-bond acceptors (Lipinski definition) is 2. The first kappa shape index (κ1) is 14.2. The summed E-state index contributed by atoms with van der Waals surface area (Å²) in [4.78, 5) is 0.252. The number of anilines is 2. The molecule has 2 aromatic carbocycles. The molecule has 0 aliphatic heterocycles. The van der Waals surface area contributed by atoms with E-state index in [1.165, 1.54) is 18.2 Å². The predicted molar refractivity (Wildman–Crippen MR) is 84.7 cm³/mol. The Kier molecular flexibility index (Phi) is 4.39. The molecule has 0 radical (unpaired) electrons. The summed E-state index contributed by atoms with van der Waals surface area (Å²) in [6.07, 6.45) is 0. The van der Waals surface area contributed by atoms with Crippen LogP contribution in [0.25, 0.3) is 0 Å². The van der Waals surface area contributed by atoms with Crippen LogP contribution >= 0.6 is 39.7 Å². The third-order valence-corrected chi connectivity index (χ3v) is 3.49.